The second-order valence-corrected chi connectivity index (χ2v) is 8.87. The van der Waals surface area contributed by atoms with E-state index in [1.165, 1.54) is 0 Å². The minimum atomic E-state index is -0.572. The summed E-state index contributed by atoms with van der Waals surface area (Å²) in [5, 5.41) is 6.03. The second kappa shape index (κ2) is 10.4. The molecular weight excluding hydrogens is 420 g/mol. The molecule has 9 heteroatoms. The molecule has 0 unspecified atom stereocenters. The highest BCUT2D eigenvalue weighted by Crippen LogP contribution is 2.29. The average molecular weight is 453 g/mol. The number of nitrogens with two attached hydrogens (primary N) is 2. The lowest BCUT2D eigenvalue weighted by molar-refractivity contribution is 0.0254. The third kappa shape index (κ3) is 6.29. The van der Waals surface area contributed by atoms with Crippen LogP contribution in [0.25, 0.3) is 21.7 Å². The van der Waals surface area contributed by atoms with E-state index < -0.39 is 11.5 Å². The fourth-order valence-corrected chi connectivity index (χ4v) is 3.51. The van der Waals surface area contributed by atoms with E-state index in [0.29, 0.717) is 43.1 Å². The van der Waals surface area contributed by atoms with Gasteiger partial charge in [-0.1, -0.05) is 6.07 Å². The molecule has 2 amide bonds. The van der Waals surface area contributed by atoms with Gasteiger partial charge in [0, 0.05) is 53.8 Å². The molecule has 2 aromatic heterocycles. The summed E-state index contributed by atoms with van der Waals surface area (Å²) in [7, 11) is 0. The highest BCUT2D eigenvalue weighted by molar-refractivity contribution is 6.11. The predicted octanol–water partition coefficient (Wildman–Crippen LogP) is 3.27. The van der Waals surface area contributed by atoms with Gasteiger partial charge >= 0.3 is 6.09 Å². The van der Waals surface area contributed by atoms with Gasteiger partial charge in [0.05, 0.1) is 5.52 Å². The maximum atomic E-state index is 12.7. The monoisotopic (exact) mass is 452 g/mol. The summed E-state index contributed by atoms with van der Waals surface area (Å²) in [5.41, 5.74) is 11.5. The molecule has 176 valence electrons. The van der Waals surface area contributed by atoms with E-state index in [-0.39, 0.29) is 6.09 Å². The van der Waals surface area contributed by atoms with Crippen molar-refractivity contribution in [1.82, 2.24) is 14.9 Å². The van der Waals surface area contributed by atoms with E-state index in [1.54, 1.807) is 29.4 Å². The quantitative estimate of drug-likeness (QED) is 0.335. The van der Waals surface area contributed by atoms with Crippen molar-refractivity contribution in [3.63, 3.8) is 0 Å². The van der Waals surface area contributed by atoms with Gasteiger partial charge in [0.15, 0.2) is 0 Å². The number of unbranched alkanes of at least 4 members (excludes halogenated alkanes) is 1. The Morgan fingerprint density at radius 3 is 2.58 bits per heavy atom. The van der Waals surface area contributed by atoms with Crippen molar-refractivity contribution in [2.75, 3.05) is 31.5 Å². The zero-order valence-electron chi connectivity index (χ0n) is 19.4. The molecule has 0 aliphatic heterocycles. The number of hydrogen-bond donors (Lipinski definition) is 3. The first-order valence-electron chi connectivity index (χ1n) is 11.1. The molecule has 0 atom stereocenters. The molecule has 5 N–H and O–H groups in total. The molecule has 0 saturated heterocycles. The third-order valence-electron chi connectivity index (χ3n) is 5.09. The average Bonchev–Trinajstić information content (AvgIpc) is 2.76. The number of fused-ring (bicyclic) bond motifs is 3. The number of aromatic nitrogens is 2. The number of benzene rings is 1. The van der Waals surface area contributed by atoms with Crippen LogP contribution in [0.1, 0.15) is 44.0 Å². The van der Waals surface area contributed by atoms with Crippen LogP contribution in [0.15, 0.2) is 36.7 Å². The first kappa shape index (κ1) is 24.2. The lowest BCUT2D eigenvalue weighted by Gasteiger charge is -2.27. The van der Waals surface area contributed by atoms with Crippen LogP contribution in [0.4, 0.5) is 10.6 Å². The van der Waals surface area contributed by atoms with Crippen LogP contribution >= 0.6 is 0 Å². The molecule has 9 nitrogen and oxygen atoms in total. The molecule has 0 aliphatic rings. The Kier molecular flexibility index (Phi) is 7.65. The number of rotatable bonds is 9. The van der Waals surface area contributed by atoms with Gasteiger partial charge < -0.3 is 26.4 Å². The van der Waals surface area contributed by atoms with Crippen molar-refractivity contribution in [2.24, 2.45) is 11.5 Å². The van der Waals surface area contributed by atoms with Crippen LogP contribution < -0.4 is 16.8 Å². The summed E-state index contributed by atoms with van der Waals surface area (Å²) in [6.45, 7) is 7.59. The lowest BCUT2D eigenvalue weighted by atomic mass is 10.1. The zero-order chi connectivity index (χ0) is 24.0. The number of nitrogens with one attached hydrogen (secondary N) is 1. The number of carbonyl (C=O) groups excluding carboxylic acids is 2. The maximum Gasteiger partial charge on any atom is 0.410 e. The topological polar surface area (TPSA) is 136 Å². The van der Waals surface area contributed by atoms with Gasteiger partial charge in [0.1, 0.15) is 11.4 Å². The highest BCUT2D eigenvalue weighted by atomic mass is 16.6. The Hall–Kier alpha value is -3.46. The third-order valence-corrected chi connectivity index (χ3v) is 5.09. The Morgan fingerprint density at radius 1 is 1.09 bits per heavy atom. The molecule has 2 heterocycles. The molecule has 3 aromatic rings. The van der Waals surface area contributed by atoms with Gasteiger partial charge in [0.25, 0.3) is 0 Å². The summed E-state index contributed by atoms with van der Waals surface area (Å²) in [4.78, 5) is 34.9. The van der Waals surface area contributed by atoms with Crippen LogP contribution in [0, 0.1) is 0 Å². The minimum absolute atomic E-state index is 0.354. The maximum absolute atomic E-state index is 12.7. The standard InChI is InChI=1S/C24H32N6O3/c1-24(2,3)33-23(32)30(12-5-4-9-25)13-11-28-22-18-8-10-27-15-19(18)17-7-6-16(21(26)31)14-20(17)29-22/h6-8,10,14-15H,4-5,9,11-13,25H2,1-3H3,(H2,26,31)(H,28,29). The SMILES string of the molecule is CC(C)(C)OC(=O)N(CCCCN)CCNc1nc2cc(C(N)=O)ccc2c2cnccc12. The van der Waals surface area contributed by atoms with Gasteiger partial charge in [-0.15, -0.1) is 0 Å². The van der Waals surface area contributed by atoms with E-state index in [0.717, 1.165) is 29.0 Å². The van der Waals surface area contributed by atoms with Crippen LogP contribution in [-0.4, -0.2) is 58.6 Å². The van der Waals surface area contributed by atoms with Crippen LogP contribution in [0.5, 0.6) is 0 Å². The van der Waals surface area contributed by atoms with Crippen molar-refractivity contribution in [3.05, 3.63) is 42.2 Å². The molecule has 3 rings (SSSR count). The largest absolute Gasteiger partial charge is 0.444 e. The van der Waals surface area contributed by atoms with Gasteiger partial charge in [-0.2, -0.15) is 0 Å². The van der Waals surface area contributed by atoms with Crippen molar-refractivity contribution in [2.45, 2.75) is 39.2 Å². The summed E-state index contributed by atoms with van der Waals surface area (Å²) in [6.07, 6.45) is 4.76. The number of carbonyl (C=O) groups is 2. The number of pyridine rings is 2. The highest BCUT2D eigenvalue weighted by Gasteiger charge is 2.21. The Labute approximate surface area is 193 Å². The van der Waals surface area contributed by atoms with Gasteiger partial charge in [-0.05, 0) is 58.4 Å². The molecule has 33 heavy (non-hydrogen) atoms. The number of hydrogen-bond acceptors (Lipinski definition) is 7. The van der Waals surface area contributed by atoms with E-state index in [4.69, 9.17) is 21.2 Å². The molecule has 0 aliphatic carbocycles. The lowest BCUT2D eigenvalue weighted by Crippen LogP contribution is -2.40. The Morgan fingerprint density at radius 2 is 1.88 bits per heavy atom. The smallest absolute Gasteiger partial charge is 0.410 e. The molecule has 0 bridgehead atoms. The number of anilines is 1. The van der Waals surface area contributed by atoms with Crippen LogP contribution in [0.3, 0.4) is 0 Å². The van der Waals surface area contributed by atoms with Crippen molar-refractivity contribution in [1.29, 1.82) is 0 Å². The number of ether oxygens (including phenoxy) is 1. The predicted molar refractivity (Wildman–Crippen MR) is 130 cm³/mol. The molecule has 0 saturated carbocycles. The van der Waals surface area contributed by atoms with Crippen LogP contribution in [0.2, 0.25) is 0 Å². The summed E-state index contributed by atoms with van der Waals surface area (Å²) in [5.74, 6) is 0.137. The van der Waals surface area contributed by atoms with Gasteiger partial charge in [0.2, 0.25) is 5.91 Å². The van der Waals surface area contributed by atoms with E-state index in [1.807, 2.05) is 32.9 Å². The van der Waals surface area contributed by atoms with Crippen molar-refractivity contribution < 1.29 is 14.3 Å². The summed E-state index contributed by atoms with van der Waals surface area (Å²) >= 11 is 0. The second-order valence-electron chi connectivity index (χ2n) is 8.87. The van der Waals surface area contributed by atoms with Crippen molar-refractivity contribution >= 4 is 39.5 Å². The molecule has 0 radical (unpaired) electrons. The first-order chi connectivity index (χ1) is 15.7. The van der Waals surface area contributed by atoms with Gasteiger partial charge in [-0.25, -0.2) is 9.78 Å². The summed E-state index contributed by atoms with van der Waals surface area (Å²) < 4.78 is 5.56. The summed E-state index contributed by atoms with van der Waals surface area (Å²) in [6, 6.07) is 7.08. The fraction of sp³-hybridized carbons (Fsp3) is 0.417. The molecular formula is C24H32N6O3. The zero-order valence-corrected chi connectivity index (χ0v) is 19.4. The van der Waals surface area contributed by atoms with Crippen molar-refractivity contribution in [3.8, 4) is 0 Å². The number of nitrogens with zero attached hydrogens (tertiary/aromatic N) is 3. The minimum Gasteiger partial charge on any atom is -0.444 e. The van der Waals surface area contributed by atoms with E-state index >= 15 is 0 Å². The first-order valence-corrected chi connectivity index (χ1v) is 11.1. The van der Waals surface area contributed by atoms with E-state index in [9.17, 15) is 9.59 Å². The normalized spacial score (nSPS) is 11.5. The molecule has 0 fully saturated rings. The Bertz CT molecular complexity index is 1140. The fourth-order valence-electron chi connectivity index (χ4n) is 3.51. The number of amides is 2. The van der Waals surface area contributed by atoms with E-state index in [2.05, 4.69) is 10.3 Å². The molecule has 1 aromatic carbocycles. The van der Waals surface area contributed by atoms with Gasteiger partial charge in [-0.3, -0.25) is 9.78 Å². The van der Waals surface area contributed by atoms with Crippen LogP contribution in [-0.2, 0) is 4.74 Å². The molecule has 0 spiro atoms. The Balaban J connectivity index is 1.83. The number of primary amides is 1.